The van der Waals surface area contributed by atoms with E-state index in [1.165, 1.54) is 77.7 Å². The van der Waals surface area contributed by atoms with Crippen molar-refractivity contribution in [2.45, 2.75) is 121 Å². The second kappa shape index (κ2) is 12.1. The highest BCUT2D eigenvalue weighted by Gasteiger charge is 2.24. The summed E-state index contributed by atoms with van der Waals surface area (Å²) < 4.78 is 0. The van der Waals surface area contributed by atoms with E-state index in [0.717, 1.165) is 74.1 Å². The van der Waals surface area contributed by atoms with Gasteiger partial charge in [-0.3, -0.25) is 0 Å². The third kappa shape index (κ3) is 4.58. The maximum Gasteiger partial charge on any atom is 0.0722 e. The first-order valence-electron chi connectivity index (χ1n) is 16.5. The molecule has 222 valence electrons. The Morgan fingerprint density at radius 2 is 0.786 bits per heavy atom. The molecule has 8 bridgehead atoms. The molecular formula is C38H50N4. The minimum absolute atomic E-state index is 0.972. The fourth-order valence-corrected chi connectivity index (χ4v) is 7.70. The summed E-state index contributed by atoms with van der Waals surface area (Å²) in [6, 6.07) is 4.67. The normalized spacial score (nSPS) is 13.6. The Labute approximate surface area is 252 Å². The molecule has 5 rings (SSSR count). The molecule has 0 aliphatic carbocycles. The second-order valence-electron chi connectivity index (χ2n) is 11.7. The Morgan fingerprint density at radius 3 is 1.07 bits per heavy atom. The molecule has 2 N–H and O–H groups in total. The van der Waals surface area contributed by atoms with Crippen LogP contribution in [0, 0.1) is 13.8 Å². The van der Waals surface area contributed by atoms with E-state index in [4.69, 9.17) is 9.97 Å². The standard InChI is InChI=1S/C38H50N4/c1-11-23-27(15-5)35-21(9)36-29(17-7)25(13-3)33(41-36)20-34-26(14-4)30(18-8)38(42-34)22(10)37-28(16-6)24(12-2)32(40-37)19-31(23)39-35/h19-20,39,42H,11-18H2,1-10H3. The minimum atomic E-state index is 0.972. The number of nitrogens with zero attached hydrogens (tertiary/aromatic N) is 2. The molecule has 0 saturated heterocycles. The smallest absolute Gasteiger partial charge is 0.0722 e. The molecule has 0 unspecified atom stereocenters. The van der Waals surface area contributed by atoms with Gasteiger partial charge < -0.3 is 9.97 Å². The van der Waals surface area contributed by atoms with Crippen molar-refractivity contribution in [3.8, 4) is 0 Å². The molecule has 0 spiro atoms. The van der Waals surface area contributed by atoms with Gasteiger partial charge in [0.25, 0.3) is 0 Å². The van der Waals surface area contributed by atoms with Crippen molar-refractivity contribution in [2.24, 2.45) is 0 Å². The van der Waals surface area contributed by atoms with Crippen molar-refractivity contribution in [3.63, 3.8) is 0 Å². The number of nitrogens with one attached hydrogen (secondary N) is 2. The molecule has 0 atom stereocenters. The van der Waals surface area contributed by atoms with Crippen LogP contribution >= 0.6 is 0 Å². The number of fused-ring (bicyclic) bond motifs is 8. The zero-order chi connectivity index (χ0) is 30.3. The number of hydrogen-bond donors (Lipinski definition) is 2. The van der Waals surface area contributed by atoms with Crippen molar-refractivity contribution in [3.05, 3.63) is 68.3 Å². The molecule has 3 aromatic rings. The summed E-state index contributed by atoms with van der Waals surface area (Å²) in [6.07, 6.45) is 7.83. The Hall–Kier alpha value is -3.40. The molecule has 0 amide bonds. The van der Waals surface area contributed by atoms with E-state index in [0.29, 0.717) is 0 Å². The summed E-state index contributed by atoms with van der Waals surface area (Å²) in [5.41, 5.74) is 23.1. The van der Waals surface area contributed by atoms with Crippen molar-refractivity contribution in [1.29, 1.82) is 0 Å². The van der Waals surface area contributed by atoms with E-state index in [-0.39, 0.29) is 0 Å². The number of aromatic nitrogens is 4. The molecule has 0 aromatic carbocycles. The Balaban J connectivity index is 2.11. The van der Waals surface area contributed by atoms with Gasteiger partial charge in [0, 0.05) is 22.1 Å². The van der Waals surface area contributed by atoms with Crippen molar-refractivity contribution < 1.29 is 0 Å². The van der Waals surface area contributed by atoms with Crippen LogP contribution in [0.25, 0.3) is 44.4 Å². The van der Waals surface area contributed by atoms with Gasteiger partial charge in [-0.25, -0.2) is 9.97 Å². The lowest BCUT2D eigenvalue weighted by molar-refractivity contribution is 1.07. The van der Waals surface area contributed by atoms with Crippen molar-refractivity contribution >= 4 is 44.4 Å². The summed E-state index contributed by atoms with van der Waals surface area (Å²) in [7, 11) is 0. The Morgan fingerprint density at radius 1 is 0.452 bits per heavy atom. The summed E-state index contributed by atoms with van der Waals surface area (Å²) in [5, 5.41) is 0. The molecule has 5 heterocycles. The maximum atomic E-state index is 5.41. The highest BCUT2D eigenvalue weighted by atomic mass is 14.8. The molecule has 0 radical (unpaired) electrons. The third-order valence-corrected chi connectivity index (χ3v) is 9.74. The van der Waals surface area contributed by atoms with Crippen LogP contribution in [-0.4, -0.2) is 19.9 Å². The van der Waals surface area contributed by atoms with Crippen LogP contribution < -0.4 is 0 Å². The minimum Gasteiger partial charge on any atom is -0.355 e. The number of aryl methyl sites for hydroxylation is 6. The van der Waals surface area contributed by atoms with Crippen LogP contribution in [0.2, 0.25) is 0 Å². The topological polar surface area (TPSA) is 57.4 Å². The highest BCUT2D eigenvalue weighted by Crippen LogP contribution is 2.40. The van der Waals surface area contributed by atoms with Gasteiger partial charge >= 0.3 is 0 Å². The van der Waals surface area contributed by atoms with Crippen LogP contribution in [0.4, 0.5) is 0 Å². The molecule has 0 fully saturated rings. The zero-order valence-electron chi connectivity index (χ0n) is 27.7. The van der Waals surface area contributed by atoms with Gasteiger partial charge in [0.05, 0.1) is 22.8 Å². The summed E-state index contributed by atoms with van der Waals surface area (Å²) >= 11 is 0. The lowest BCUT2D eigenvalue weighted by Crippen LogP contribution is -1.91. The maximum absolute atomic E-state index is 5.41. The van der Waals surface area contributed by atoms with E-state index >= 15 is 0 Å². The van der Waals surface area contributed by atoms with Crippen molar-refractivity contribution in [2.75, 3.05) is 0 Å². The van der Waals surface area contributed by atoms with Crippen LogP contribution in [-0.2, 0) is 25.7 Å². The van der Waals surface area contributed by atoms with Crippen molar-refractivity contribution in [1.82, 2.24) is 19.9 Å². The molecule has 4 heteroatoms. The fourth-order valence-electron chi connectivity index (χ4n) is 7.70. The van der Waals surface area contributed by atoms with Gasteiger partial charge in [0.15, 0.2) is 0 Å². The molecular weight excluding hydrogens is 512 g/mol. The fraction of sp³-hybridized carbons (Fsp3) is 0.474. The average Bonchev–Trinajstić information content (AvgIpc) is 3.74. The van der Waals surface area contributed by atoms with Gasteiger partial charge in [-0.05, 0) is 133 Å². The zero-order valence-corrected chi connectivity index (χ0v) is 27.7. The predicted molar refractivity (Wildman–Crippen MR) is 183 cm³/mol. The van der Waals surface area contributed by atoms with Gasteiger partial charge in [-0.15, -0.1) is 0 Å². The molecule has 2 aliphatic heterocycles. The SMILES string of the molecule is CCC1=C(CC)c2nc1cc1[nH]c(c(C)c3nc(cc4[nH]c(c2C)c(CC)c4CC)C(CC)=C3CC)c(CC)c1CC. The van der Waals surface area contributed by atoms with E-state index in [1.807, 2.05) is 0 Å². The summed E-state index contributed by atoms with van der Waals surface area (Å²) in [4.78, 5) is 18.7. The van der Waals surface area contributed by atoms with Gasteiger partial charge in [0.1, 0.15) is 0 Å². The monoisotopic (exact) mass is 562 g/mol. The number of H-pyrrole nitrogens is 2. The molecule has 2 aliphatic rings. The quantitative estimate of drug-likeness (QED) is 0.287. The lowest BCUT2D eigenvalue weighted by atomic mass is 9.96. The number of aromatic amines is 2. The lowest BCUT2D eigenvalue weighted by Gasteiger charge is -2.06. The predicted octanol–water partition coefficient (Wildman–Crippen LogP) is 10.6. The average molecular weight is 563 g/mol. The Kier molecular flexibility index (Phi) is 8.64. The number of hydrogen-bond acceptors (Lipinski definition) is 2. The van der Waals surface area contributed by atoms with Crippen LogP contribution in [0.3, 0.4) is 0 Å². The largest absolute Gasteiger partial charge is 0.355 e. The third-order valence-electron chi connectivity index (χ3n) is 9.74. The van der Waals surface area contributed by atoms with E-state index in [1.54, 1.807) is 0 Å². The van der Waals surface area contributed by atoms with Gasteiger partial charge in [-0.1, -0.05) is 55.4 Å². The van der Waals surface area contributed by atoms with Crippen LogP contribution in [0.5, 0.6) is 0 Å². The van der Waals surface area contributed by atoms with E-state index < -0.39 is 0 Å². The Bertz CT molecular complexity index is 1640. The van der Waals surface area contributed by atoms with Gasteiger partial charge in [0.2, 0.25) is 0 Å². The van der Waals surface area contributed by atoms with E-state index in [2.05, 4.69) is 91.3 Å². The second-order valence-corrected chi connectivity index (χ2v) is 11.7. The molecule has 42 heavy (non-hydrogen) atoms. The number of allylic oxidation sites excluding steroid dienone is 4. The number of rotatable bonds is 8. The first-order chi connectivity index (χ1) is 20.3. The summed E-state index contributed by atoms with van der Waals surface area (Å²) in [5.74, 6) is 0. The highest BCUT2D eigenvalue weighted by molar-refractivity contribution is 5.97. The first-order valence-corrected chi connectivity index (χ1v) is 16.5. The van der Waals surface area contributed by atoms with Crippen LogP contribution in [0.15, 0.2) is 12.1 Å². The molecule has 4 nitrogen and oxygen atoms in total. The molecule has 3 aromatic heterocycles. The first kappa shape index (κ1) is 30.1. The summed E-state index contributed by atoms with van der Waals surface area (Å²) in [6.45, 7) is 22.8. The molecule has 0 saturated carbocycles. The van der Waals surface area contributed by atoms with E-state index in [9.17, 15) is 0 Å². The van der Waals surface area contributed by atoms with Gasteiger partial charge in [-0.2, -0.15) is 0 Å². The van der Waals surface area contributed by atoms with Crippen LogP contribution in [0.1, 0.15) is 137 Å².